The molecule has 1 unspecified atom stereocenters. The Kier molecular flexibility index (Phi) is 4.62. The van der Waals surface area contributed by atoms with Gasteiger partial charge in [-0.3, -0.25) is 14.4 Å². The first-order valence-electron chi connectivity index (χ1n) is 8.80. The Labute approximate surface area is 151 Å². The average molecular weight is 360 g/mol. The van der Waals surface area contributed by atoms with Gasteiger partial charge in [-0.25, -0.2) is 0 Å². The summed E-state index contributed by atoms with van der Waals surface area (Å²) >= 11 is 1.48. The van der Waals surface area contributed by atoms with Gasteiger partial charge in [-0.15, -0.1) is 11.3 Å². The minimum Gasteiger partial charge on any atom is -0.373 e. The fraction of sp³-hybridized carbons (Fsp3) is 0.556. The van der Waals surface area contributed by atoms with Crippen molar-refractivity contribution in [2.24, 2.45) is 7.05 Å². The molecule has 2 aliphatic rings. The summed E-state index contributed by atoms with van der Waals surface area (Å²) in [6.45, 7) is 3.63. The zero-order chi connectivity index (χ0) is 17.3. The molecule has 2 aromatic heterocycles. The molecule has 0 aromatic carbocycles. The number of amides is 1. The number of nitrogens with one attached hydrogen (secondary N) is 1. The van der Waals surface area contributed by atoms with Crippen LogP contribution in [-0.4, -0.2) is 51.9 Å². The second-order valence-corrected chi connectivity index (χ2v) is 8.09. The Morgan fingerprint density at radius 2 is 2.32 bits per heavy atom. The van der Waals surface area contributed by atoms with Crippen molar-refractivity contribution in [1.29, 1.82) is 0 Å². The molecule has 2 saturated heterocycles. The second-order valence-electron chi connectivity index (χ2n) is 7.14. The van der Waals surface area contributed by atoms with Crippen LogP contribution in [0, 0.1) is 0 Å². The van der Waals surface area contributed by atoms with E-state index < -0.39 is 0 Å². The quantitative estimate of drug-likeness (QED) is 0.906. The van der Waals surface area contributed by atoms with E-state index in [1.54, 1.807) is 0 Å². The van der Waals surface area contributed by atoms with Crippen LogP contribution in [0.3, 0.4) is 0 Å². The molecule has 6 nitrogen and oxygen atoms in total. The van der Waals surface area contributed by atoms with Crippen LogP contribution in [-0.2, 0) is 18.3 Å². The predicted molar refractivity (Wildman–Crippen MR) is 96.6 cm³/mol. The molecule has 4 rings (SSSR count). The van der Waals surface area contributed by atoms with E-state index in [1.165, 1.54) is 16.9 Å². The Hall–Kier alpha value is -1.70. The predicted octanol–water partition coefficient (Wildman–Crippen LogP) is 2.04. The SMILES string of the molecule is Cn1cc(CN2CCC3(CC2)CC(NC(=O)c2cccs2)CO3)cn1. The number of likely N-dealkylation sites (tertiary alicyclic amines) is 1. The van der Waals surface area contributed by atoms with E-state index >= 15 is 0 Å². The highest BCUT2D eigenvalue weighted by atomic mass is 32.1. The van der Waals surface area contributed by atoms with E-state index in [1.807, 2.05) is 35.4 Å². The summed E-state index contributed by atoms with van der Waals surface area (Å²) in [5.74, 6) is 0.0228. The van der Waals surface area contributed by atoms with Crippen molar-refractivity contribution in [2.75, 3.05) is 19.7 Å². The molecule has 1 atom stereocenters. The molecule has 4 heterocycles. The van der Waals surface area contributed by atoms with Crippen LogP contribution in [0.15, 0.2) is 29.9 Å². The monoisotopic (exact) mass is 360 g/mol. The van der Waals surface area contributed by atoms with Crippen LogP contribution in [0.4, 0.5) is 0 Å². The van der Waals surface area contributed by atoms with Gasteiger partial charge in [-0.05, 0) is 30.7 Å². The van der Waals surface area contributed by atoms with Crippen molar-refractivity contribution >= 4 is 17.2 Å². The number of aryl methyl sites for hydroxylation is 1. The van der Waals surface area contributed by atoms with E-state index in [2.05, 4.69) is 21.5 Å². The van der Waals surface area contributed by atoms with E-state index in [9.17, 15) is 4.79 Å². The van der Waals surface area contributed by atoms with Crippen molar-refractivity contribution in [1.82, 2.24) is 20.0 Å². The molecule has 0 saturated carbocycles. The highest BCUT2D eigenvalue weighted by Gasteiger charge is 2.43. The normalized spacial score (nSPS) is 23.2. The molecular weight excluding hydrogens is 336 g/mol. The molecule has 7 heteroatoms. The maximum absolute atomic E-state index is 12.2. The van der Waals surface area contributed by atoms with Gasteiger partial charge in [0, 0.05) is 38.4 Å². The average Bonchev–Trinajstić information content (AvgIpc) is 3.33. The fourth-order valence-electron chi connectivity index (χ4n) is 3.88. The molecule has 25 heavy (non-hydrogen) atoms. The lowest BCUT2D eigenvalue weighted by molar-refractivity contribution is -0.0449. The Bertz CT molecular complexity index is 719. The number of aromatic nitrogens is 2. The minimum atomic E-state index is -0.0567. The molecule has 1 spiro atoms. The van der Waals surface area contributed by atoms with E-state index in [-0.39, 0.29) is 17.6 Å². The van der Waals surface area contributed by atoms with Crippen molar-refractivity contribution in [2.45, 2.75) is 37.5 Å². The number of nitrogens with zero attached hydrogens (tertiary/aromatic N) is 3. The third kappa shape index (κ3) is 3.78. The Balaban J connectivity index is 1.28. The van der Waals surface area contributed by atoms with Gasteiger partial charge in [0.05, 0.1) is 29.3 Å². The van der Waals surface area contributed by atoms with Crippen LogP contribution >= 0.6 is 11.3 Å². The number of carbonyl (C=O) groups excluding carboxylic acids is 1. The molecule has 2 aliphatic heterocycles. The zero-order valence-corrected chi connectivity index (χ0v) is 15.3. The molecule has 1 amide bonds. The minimum absolute atomic E-state index is 0.0228. The molecule has 134 valence electrons. The summed E-state index contributed by atoms with van der Waals surface area (Å²) in [4.78, 5) is 15.4. The first-order valence-corrected chi connectivity index (χ1v) is 9.68. The van der Waals surface area contributed by atoms with E-state index in [0.29, 0.717) is 6.61 Å². The van der Waals surface area contributed by atoms with Gasteiger partial charge < -0.3 is 10.1 Å². The second kappa shape index (κ2) is 6.90. The van der Waals surface area contributed by atoms with Gasteiger partial charge in [0.2, 0.25) is 0 Å². The van der Waals surface area contributed by atoms with Gasteiger partial charge in [0.25, 0.3) is 5.91 Å². The van der Waals surface area contributed by atoms with Crippen LogP contribution in [0.2, 0.25) is 0 Å². The summed E-state index contributed by atoms with van der Waals surface area (Å²) in [6, 6.07) is 3.90. The van der Waals surface area contributed by atoms with Crippen molar-refractivity contribution in [3.8, 4) is 0 Å². The fourth-order valence-corrected chi connectivity index (χ4v) is 4.51. The maximum Gasteiger partial charge on any atom is 0.261 e. The zero-order valence-electron chi connectivity index (χ0n) is 14.5. The summed E-state index contributed by atoms with van der Waals surface area (Å²) in [6.07, 6.45) is 6.99. The molecule has 0 radical (unpaired) electrons. The number of hydrogen-bond acceptors (Lipinski definition) is 5. The van der Waals surface area contributed by atoms with Crippen molar-refractivity contribution in [3.63, 3.8) is 0 Å². The van der Waals surface area contributed by atoms with Crippen LogP contribution in [0.1, 0.15) is 34.5 Å². The highest BCUT2D eigenvalue weighted by molar-refractivity contribution is 7.12. The first kappa shape index (κ1) is 16.8. The highest BCUT2D eigenvalue weighted by Crippen LogP contribution is 2.36. The summed E-state index contributed by atoms with van der Waals surface area (Å²) in [5.41, 5.74) is 1.20. The number of carbonyl (C=O) groups is 1. The topological polar surface area (TPSA) is 59.4 Å². The molecule has 0 aliphatic carbocycles. The summed E-state index contributed by atoms with van der Waals surface area (Å²) < 4.78 is 8.01. The van der Waals surface area contributed by atoms with E-state index in [4.69, 9.17) is 4.74 Å². The Morgan fingerprint density at radius 3 is 3.00 bits per heavy atom. The van der Waals surface area contributed by atoms with Gasteiger partial charge in [-0.1, -0.05) is 6.07 Å². The summed E-state index contributed by atoms with van der Waals surface area (Å²) in [7, 11) is 1.95. The first-order chi connectivity index (χ1) is 12.1. The molecule has 1 N–H and O–H groups in total. The molecule has 2 fully saturated rings. The third-order valence-electron chi connectivity index (χ3n) is 5.22. The summed E-state index contributed by atoms with van der Waals surface area (Å²) in [5, 5.41) is 9.30. The van der Waals surface area contributed by atoms with Crippen LogP contribution < -0.4 is 5.32 Å². The maximum atomic E-state index is 12.2. The smallest absolute Gasteiger partial charge is 0.261 e. The van der Waals surface area contributed by atoms with Crippen molar-refractivity contribution < 1.29 is 9.53 Å². The lowest BCUT2D eigenvalue weighted by Gasteiger charge is -2.38. The van der Waals surface area contributed by atoms with E-state index in [0.717, 1.165) is 43.8 Å². The molecular formula is C18H24N4O2S. The van der Waals surface area contributed by atoms with Gasteiger partial charge in [0.1, 0.15) is 0 Å². The number of hydrogen-bond donors (Lipinski definition) is 1. The van der Waals surface area contributed by atoms with Gasteiger partial charge >= 0.3 is 0 Å². The number of thiophene rings is 1. The number of piperidine rings is 1. The van der Waals surface area contributed by atoms with Gasteiger partial charge in [0.15, 0.2) is 0 Å². The van der Waals surface area contributed by atoms with Gasteiger partial charge in [-0.2, -0.15) is 5.10 Å². The standard InChI is InChI=1S/C18H24N4O2S/c1-21-11-14(10-19-21)12-22-6-4-18(5-7-22)9-15(13-24-18)20-17(23)16-3-2-8-25-16/h2-3,8,10-11,15H,4-7,9,12-13H2,1H3,(H,20,23). The Morgan fingerprint density at radius 1 is 1.48 bits per heavy atom. The lowest BCUT2D eigenvalue weighted by atomic mass is 9.87. The number of ether oxygens (including phenoxy) is 1. The lowest BCUT2D eigenvalue weighted by Crippen LogP contribution is -2.44. The van der Waals surface area contributed by atoms with Crippen LogP contribution in [0.5, 0.6) is 0 Å². The van der Waals surface area contributed by atoms with Crippen molar-refractivity contribution in [3.05, 3.63) is 40.3 Å². The third-order valence-corrected chi connectivity index (χ3v) is 6.09. The molecule has 2 aromatic rings. The largest absolute Gasteiger partial charge is 0.373 e. The number of rotatable bonds is 4. The van der Waals surface area contributed by atoms with Crippen LogP contribution in [0.25, 0.3) is 0 Å². The molecule has 0 bridgehead atoms.